The van der Waals surface area contributed by atoms with Gasteiger partial charge in [0.15, 0.2) is 0 Å². The van der Waals surface area contributed by atoms with Gasteiger partial charge < -0.3 is 5.32 Å². The Labute approximate surface area is 127 Å². The van der Waals surface area contributed by atoms with E-state index in [1.54, 1.807) is 0 Å². The molecule has 0 fully saturated rings. The highest BCUT2D eigenvalue weighted by Crippen LogP contribution is 2.32. The van der Waals surface area contributed by atoms with Crippen LogP contribution in [0, 0.1) is 19.7 Å². The van der Waals surface area contributed by atoms with E-state index in [1.807, 2.05) is 32.0 Å². The van der Waals surface area contributed by atoms with Crippen LogP contribution in [0.4, 0.5) is 4.39 Å². The smallest absolute Gasteiger partial charge is 0.129 e. The lowest BCUT2D eigenvalue weighted by atomic mass is 9.87. The van der Waals surface area contributed by atoms with E-state index in [9.17, 15) is 4.39 Å². The van der Waals surface area contributed by atoms with Gasteiger partial charge in [-0.25, -0.2) is 4.39 Å². The van der Waals surface area contributed by atoms with Gasteiger partial charge in [0.05, 0.1) is 0 Å². The molecule has 0 heterocycles. The molecule has 1 N–H and O–H groups in total. The summed E-state index contributed by atoms with van der Waals surface area (Å²) in [6, 6.07) is 14.6. The lowest BCUT2D eigenvalue weighted by molar-refractivity contribution is 0.477. The molecule has 2 atom stereocenters. The summed E-state index contributed by atoms with van der Waals surface area (Å²) >= 11 is 0. The number of nitrogens with one attached hydrogen (secondary N) is 1. The first-order valence-electron chi connectivity index (χ1n) is 7.59. The first kappa shape index (κ1) is 15.7. The van der Waals surface area contributed by atoms with Crippen LogP contribution in [-0.4, -0.2) is 6.54 Å². The monoisotopic (exact) mass is 285 g/mol. The predicted molar refractivity (Wildman–Crippen MR) is 87.1 cm³/mol. The van der Waals surface area contributed by atoms with E-state index in [4.69, 9.17) is 0 Å². The molecule has 0 spiro atoms. The van der Waals surface area contributed by atoms with Crippen molar-refractivity contribution in [3.63, 3.8) is 0 Å². The van der Waals surface area contributed by atoms with E-state index in [2.05, 4.69) is 43.4 Å². The third-order valence-corrected chi connectivity index (χ3v) is 4.07. The topological polar surface area (TPSA) is 12.0 Å². The van der Waals surface area contributed by atoms with Gasteiger partial charge in [-0.2, -0.15) is 0 Å². The zero-order chi connectivity index (χ0) is 15.4. The van der Waals surface area contributed by atoms with Crippen LogP contribution in [0.3, 0.4) is 0 Å². The first-order chi connectivity index (χ1) is 10.0. The van der Waals surface area contributed by atoms with Gasteiger partial charge in [-0.1, -0.05) is 56.3 Å². The van der Waals surface area contributed by atoms with Crippen molar-refractivity contribution in [2.24, 2.45) is 0 Å². The summed E-state index contributed by atoms with van der Waals surface area (Å²) in [5.41, 5.74) is 3.88. The summed E-state index contributed by atoms with van der Waals surface area (Å²) in [5.74, 6) is 0.233. The summed E-state index contributed by atoms with van der Waals surface area (Å²) in [6.45, 7) is 8.88. The van der Waals surface area contributed by atoms with Crippen molar-refractivity contribution in [1.29, 1.82) is 0 Å². The van der Waals surface area contributed by atoms with Crippen LogP contribution in [0.15, 0.2) is 42.5 Å². The maximum absolute atomic E-state index is 13.9. The van der Waals surface area contributed by atoms with E-state index in [1.165, 1.54) is 5.56 Å². The fourth-order valence-electron chi connectivity index (χ4n) is 2.91. The summed E-state index contributed by atoms with van der Waals surface area (Å²) in [6.07, 6.45) is 0. The Hall–Kier alpha value is -1.67. The molecule has 2 unspecified atom stereocenters. The average Bonchev–Trinajstić information content (AvgIpc) is 2.50. The first-order valence-corrected chi connectivity index (χ1v) is 7.59. The molecule has 2 rings (SSSR count). The molecule has 0 saturated carbocycles. The van der Waals surface area contributed by atoms with Crippen LogP contribution in [0.5, 0.6) is 0 Å². The molecule has 0 bridgehead atoms. The van der Waals surface area contributed by atoms with Crippen LogP contribution in [0.2, 0.25) is 0 Å². The third-order valence-electron chi connectivity index (χ3n) is 4.07. The molecular formula is C19H24FN. The molecule has 1 nitrogen and oxygen atoms in total. The number of hydrogen-bond acceptors (Lipinski definition) is 1. The number of likely N-dealkylation sites (N-methyl/N-ethyl adjacent to an activating group) is 1. The van der Waals surface area contributed by atoms with E-state index < -0.39 is 0 Å². The Morgan fingerprint density at radius 2 is 1.57 bits per heavy atom. The normalized spacial score (nSPS) is 14.0. The fraction of sp³-hybridized carbons (Fsp3) is 0.368. The molecular weight excluding hydrogens is 261 g/mol. The molecule has 2 heteroatoms. The number of halogens is 1. The fourth-order valence-corrected chi connectivity index (χ4v) is 2.91. The summed E-state index contributed by atoms with van der Waals surface area (Å²) in [7, 11) is 0. The van der Waals surface area contributed by atoms with Gasteiger partial charge in [-0.15, -0.1) is 0 Å². The predicted octanol–water partition coefficient (Wildman–Crippen LogP) is 4.90. The Morgan fingerprint density at radius 3 is 2.10 bits per heavy atom. The summed E-state index contributed by atoms with van der Waals surface area (Å²) in [5, 5.41) is 3.55. The van der Waals surface area contributed by atoms with Crippen molar-refractivity contribution in [3.05, 3.63) is 70.5 Å². The molecule has 0 saturated heterocycles. The second kappa shape index (κ2) is 6.86. The minimum atomic E-state index is -0.0960. The average molecular weight is 285 g/mol. The highest BCUT2D eigenvalue weighted by atomic mass is 19.1. The van der Waals surface area contributed by atoms with Crippen LogP contribution >= 0.6 is 0 Å². The lowest BCUT2D eigenvalue weighted by Gasteiger charge is -2.26. The summed E-state index contributed by atoms with van der Waals surface area (Å²) in [4.78, 5) is 0. The molecule has 0 aliphatic carbocycles. The molecule has 0 aromatic heterocycles. The van der Waals surface area contributed by atoms with E-state index in [0.29, 0.717) is 17.0 Å². The molecule has 2 aromatic carbocycles. The molecule has 0 radical (unpaired) electrons. The van der Waals surface area contributed by atoms with Gasteiger partial charge in [0.1, 0.15) is 5.82 Å². The standard InChI is InChI=1S/C19H24FN/c1-5-21-19(15(4)16-9-7-6-8-10-16)17-11-13(2)18(20)14(3)12-17/h6-12,15,19,21H,5H2,1-4H3. The van der Waals surface area contributed by atoms with Crippen molar-refractivity contribution < 1.29 is 4.39 Å². The van der Waals surface area contributed by atoms with Gasteiger partial charge in [0.25, 0.3) is 0 Å². The molecule has 2 aromatic rings. The van der Waals surface area contributed by atoms with Gasteiger partial charge in [0, 0.05) is 12.0 Å². The summed E-state index contributed by atoms with van der Waals surface area (Å²) < 4.78 is 13.9. The SMILES string of the molecule is CCNC(c1cc(C)c(F)c(C)c1)C(C)c1ccccc1. The number of rotatable bonds is 5. The van der Waals surface area contributed by atoms with Gasteiger partial charge in [-0.05, 0) is 42.6 Å². The minimum absolute atomic E-state index is 0.0960. The van der Waals surface area contributed by atoms with Gasteiger partial charge in [-0.3, -0.25) is 0 Å². The van der Waals surface area contributed by atoms with Crippen LogP contribution in [-0.2, 0) is 0 Å². The Kier molecular flexibility index (Phi) is 5.13. The number of aryl methyl sites for hydroxylation is 2. The Bertz CT molecular complexity index is 569. The van der Waals surface area contributed by atoms with E-state index in [-0.39, 0.29) is 11.9 Å². The minimum Gasteiger partial charge on any atom is -0.310 e. The van der Waals surface area contributed by atoms with Crippen molar-refractivity contribution in [2.45, 2.75) is 39.7 Å². The second-order valence-electron chi connectivity index (χ2n) is 5.70. The number of benzene rings is 2. The van der Waals surface area contributed by atoms with Crippen molar-refractivity contribution in [1.82, 2.24) is 5.32 Å². The highest BCUT2D eigenvalue weighted by molar-refractivity contribution is 5.35. The molecule has 0 aliphatic heterocycles. The zero-order valence-electron chi connectivity index (χ0n) is 13.3. The molecule has 0 aliphatic rings. The largest absolute Gasteiger partial charge is 0.310 e. The zero-order valence-corrected chi connectivity index (χ0v) is 13.3. The van der Waals surface area contributed by atoms with Crippen LogP contribution < -0.4 is 5.32 Å². The Balaban J connectivity index is 2.39. The molecule has 21 heavy (non-hydrogen) atoms. The molecule has 0 amide bonds. The van der Waals surface area contributed by atoms with Crippen molar-refractivity contribution >= 4 is 0 Å². The Morgan fingerprint density at radius 1 is 1.00 bits per heavy atom. The quantitative estimate of drug-likeness (QED) is 0.824. The highest BCUT2D eigenvalue weighted by Gasteiger charge is 2.21. The maximum atomic E-state index is 13.9. The maximum Gasteiger partial charge on any atom is 0.129 e. The van der Waals surface area contributed by atoms with Gasteiger partial charge in [0.2, 0.25) is 0 Å². The molecule has 112 valence electrons. The third kappa shape index (κ3) is 3.51. The van der Waals surface area contributed by atoms with Crippen LogP contribution in [0.25, 0.3) is 0 Å². The van der Waals surface area contributed by atoms with Gasteiger partial charge >= 0.3 is 0 Å². The van der Waals surface area contributed by atoms with Crippen LogP contribution in [0.1, 0.15) is 48.1 Å². The lowest BCUT2D eigenvalue weighted by Crippen LogP contribution is -2.26. The van der Waals surface area contributed by atoms with Crippen molar-refractivity contribution in [2.75, 3.05) is 6.54 Å². The second-order valence-corrected chi connectivity index (χ2v) is 5.70. The van der Waals surface area contributed by atoms with E-state index >= 15 is 0 Å². The number of hydrogen-bond donors (Lipinski definition) is 1. The van der Waals surface area contributed by atoms with E-state index in [0.717, 1.165) is 12.1 Å². The van der Waals surface area contributed by atoms with Crippen molar-refractivity contribution in [3.8, 4) is 0 Å².